The van der Waals surface area contributed by atoms with E-state index in [0.29, 0.717) is 5.92 Å². The number of rotatable bonds is 5. The Kier molecular flexibility index (Phi) is 5.29. The van der Waals surface area contributed by atoms with Crippen LogP contribution >= 0.6 is 0 Å². The Balaban J connectivity index is 1.46. The number of imidazole rings is 1. The Morgan fingerprint density at radius 1 is 1.35 bits per heavy atom. The Hall–Kier alpha value is -2.30. The van der Waals surface area contributed by atoms with Crippen LogP contribution < -0.4 is 5.32 Å². The van der Waals surface area contributed by atoms with Crippen molar-refractivity contribution in [2.75, 3.05) is 26.7 Å². The highest BCUT2D eigenvalue weighted by molar-refractivity contribution is 5.80. The summed E-state index contributed by atoms with van der Waals surface area (Å²) in [5.74, 6) is 1.73. The Morgan fingerprint density at radius 2 is 2.22 bits per heavy atom. The summed E-state index contributed by atoms with van der Waals surface area (Å²) in [5.41, 5.74) is 1.43. The van der Waals surface area contributed by atoms with E-state index in [4.69, 9.17) is 0 Å². The van der Waals surface area contributed by atoms with Crippen molar-refractivity contribution >= 4 is 5.96 Å². The SMILES string of the molecule is CN=C(NCCn1ccnc1)N1CCC(Cc2ccccc2)C1. The van der Waals surface area contributed by atoms with Gasteiger partial charge in [0.15, 0.2) is 5.96 Å². The molecule has 1 aromatic heterocycles. The summed E-state index contributed by atoms with van der Waals surface area (Å²) >= 11 is 0. The minimum atomic E-state index is 0.713. The van der Waals surface area contributed by atoms with Gasteiger partial charge in [-0.1, -0.05) is 30.3 Å². The average Bonchev–Trinajstić information content (AvgIpc) is 3.25. The van der Waals surface area contributed by atoms with E-state index >= 15 is 0 Å². The van der Waals surface area contributed by atoms with Gasteiger partial charge in [0.1, 0.15) is 0 Å². The van der Waals surface area contributed by atoms with E-state index in [1.54, 1.807) is 0 Å². The third-order valence-corrected chi connectivity index (χ3v) is 4.38. The molecule has 0 bridgehead atoms. The molecule has 1 fully saturated rings. The molecule has 5 heteroatoms. The number of nitrogens with zero attached hydrogens (tertiary/aromatic N) is 4. The normalized spacial score (nSPS) is 18.4. The van der Waals surface area contributed by atoms with Gasteiger partial charge in [0.25, 0.3) is 0 Å². The van der Waals surface area contributed by atoms with Crippen LogP contribution in [-0.4, -0.2) is 47.1 Å². The van der Waals surface area contributed by atoms with Gasteiger partial charge in [-0.05, 0) is 24.3 Å². The second kappa shape index (κ2) is 7.81. The standard InChI is InChI=1S/C18H25N5/c1-19-18(21-9-12-22-11-8-20-15-22)23-10-7-17(14-23)13-16-5-3-2-4-6-16/h2-6,8,11,15,17H,7,9-10,12-14H2,1H3,(H,19,21). The topological polar surface area (TPSA) is 45.5 Å². The summed E-state index contributed by atoms with van der Waals surface area (Å²) in [6.45, 7) is 3.94. The van der Waals surface area contributed by atoms with E-state index in [-0.39, 0.29) is 0 Å². The van der Waals surface area contributed by atoms with Crippen molar-refractivity contribution in [3.05, 3.63) is 54.6 Å². The molecular weight excluding hydrogens is 286 g/mol. The third kappa shape index (κ3) is 4.34. The highest BCUT2D eigenvalue weighted by Gasteiger charge is 2.24. The lowest BCUT2D eigenvalue weighted by atomic mass is 9.99. The van der Waals surface area contributed by atoms with Crippen molar-refractivity contribution in [2.45, 2.75) is 19.4 Å². The zero-order chi connectivity index (χ0) is 15.9. The van der Waals surface area contributed by atoms with Crippen molar-refractivity contribution in [1.29, 1.82) is 0 Å². The molecule has 2 heterocycles. The van der Waals surface area contributed by atoms with Gasteiger partial charge in [-0.3, -0.25) is 4.99 Å². The molecule has 2 aromatic rings. The molecule has 1 N–H and O–H groups in total. The van der Waals surface area contributed by atoms with Gasteiger partial charge >= 0.3 is 0 Å². The van der Waals surface area contributed by atoms with Crippen molar-refractivity contribution in [3.63, 3.8) is 0 Å². The Morgan fingerprint density at radius 3 is 2.96 bits per heavy atom. The predicted octanol–water partition coefficient (Wildman–Crippen LogP) is 2.02. The number of aliphatic imine (C=N–C) groups is 1. The highest BCUT2D eigenvalue weighted by Crippen LogP contribution is 2.20. The van der Waals surface area contributed by atoms with Crippen molar-refractivity contribution in [1.82, 2.24) is 19.8 Å². The van der Waals surface area contributed by atoms with Crippen LogP contribution in [0.3, 0.4) is 0 Å². The maximum absolute atomic E-state index is 4.44. The van der Waals surface area contributed by atoms with Gasteiger partial charge in [0.2, 0.25) is 0 Å². The lowest BCUT2D eigenvalue weighted by Crippen LogP contribution is -2.41. The van der Waals surface area contributed by atoms with Gasteiger partial charge in [-0.15, -0.1) is 0 Å². The summed E-state index contributed by atoms with van der Waals surface area (Å²) in [4.78, 5) is 10.9. The molecule has 23 heavy (non-hydrogen) atoms. The molecule has 3 rings (SSSR count). The number of guanidine groups is 1. The quantitative estimate of drug-likeness (QED) is 0.679. The molecule has 1 aromatic carbocycles. The second-order valence-corrected chi connectivity index (χ2v) is 6.06. The monoisotopic (exact) mass is 311 g/mol. The molecular formula is C18H25N5. The third-order valence-electron chi connectivity index (χ3n) is 4.38. The summed E-state index contributed by atoms with van der Waals surface area (Å²) in [7, 11) is 1.87. The largest absolute Gasteiger partial charge is 0.354 e. The van der Waals surface area contributed by atoms with E-state index in [0.717, 1.165) is 38.6 Å². The molecule has 1 atom stereocenters. The molecule has 0 amide bonds. The van der Waals surface area contributed by atoms with Crippen LogP contribution in [0.5, 0.6) is 0 Å². The number of likely N-dealkylation sites (tertiary alicyclic amines) is 1. The summed E-state index contributed by atoms with van der Waals surface area (Å²) in [6.07, 6.45) is 8.02. The van der Waals surface area contributed by atoms with Crippen LogP contribution in [0.25, 0.3) is 0 Å². The molecule has 1 aliphatic rings. The number of hydrogen-bond donors (Lipinski definition) is 1. The van der Waals surface area contributed by atoms with Gasteiger partial charge in [-0.25, -0.2) is 4.98 Å². The van der Waals surface area contributed by atoms with Gasteiger partial charge in [-0.2, -0.15) is 0 Å². The van der Waals surface area contributed by atoms with Crippen LogP contribution in [0.1, 0.15) is 12.0 Å². The zero-order valence-electron chi connectivity index (χ0n) is 13.7. The lowest BCUT2D eigenvalue weighted by molar-refractivity contribution is 0.457. The van der Waals surface area contributed by atoms with E-state index in [9.17, 15) is 0 Å². The number of nitrogens with one attached hydrogen (secondary N) is 1. The van der Waals surface area contributed by atoms with Crippen molar-refractivity contribution < 1.29 is 0 Å². The number of aromatic nitrogens is 2. The predicted molar refractivity (Wildman–Crippen MR) is 93.4 cm³/mol. The second-order valence-electron chi connectivity index (χ2n) is 6.06. The van der Waals surface area contributed by atoms with E-state index in [1.165, 1.54) is 12.0 Å². The molecule has 1 aliphatic heterocycles. The lowest BCUT2D eigenvalue weighted by Gasteiger charge is -2.22. The maximum atomic E-state index is 4.44. The molecule has 5 nitrogen and oxygen atoms in total. The fraction of sp³-hybridized carbons (Fsp3) is 0.444. The van der Waals surface area contributed by atoms with Gasteiger partial charge < -0.3 is 14.8 Å². The summed E-state index contributed by atoms with van der Waals surface area (Å²) in [5, 5.41) is 3.46. The average molecular weight is 311 g/mol. The van der Waals surface area contributed by atoms with Crippen LogP contribution in [-0.2, 0) is 13.0 Å². The van der Waals surface area contributed by atoms with Gasteiger partial charge in [0.05, 0.1) is 6.33 Å². The van der Waals surface area contributed by atoms with E-state index in [1.807, 2.05) is 25.8 Å². The number of benzene rings is 1. The fourth-order valence-corrected chi connectivity index (χ4v) is 3.19. The van der Waals surface area contributed by atoms with E-state index < -0.39 is 0 Å². The first-order valence-electron chi connectivity index (χ1n) is 8.30. The van der Waals surface area contributed by atoms with E-state index in [2.05, 4.69) is 55.1 Å². The zero-order valence-corrected chi connectivity index (χ0v) is 13.7. The van der Waals surface area contributed by atoms with Crippen LogP contribution in [0, 0.1) is 5.92 Å². The molecule has 0 radical (unpaired) electrons. The molecule has 122 valence electrons. The molecule has 1 saturated heterocycles. The first-order chi connectivity index (χ1) is 11.3. The fourth-order valence-electron chi connectivity index (χ4n) is 3.19. The van der Waals surface area contributed by atoms with Crippen LogP contribution in [0.2, 0.25) is 0 Å². The number of hydrogen-bond acceptors (Lipinski definition) is 2. The Bertz CT molecular complexity index is 606. The van der Waals surface area contributed by atoms with Crippen LogP contribution in [0.15, 0.2) is 54.0 Å². The van der Waals surface area contributed by atoms with Gasteiger partial charge in [0, 0.05) is 45.6 Å². The summed E-state index contributed by atoms with van der Waals surface area (Å²) < 4.78 is 2.07. The maximum Gasteiger partial charge on any atom is 0.193 e. The molecule has 0 saturated carbocycles. The summed E-state index contributed by atoms with van der Waals surface area (Å²) in [6, 6.07) is 10.8. The smallest absolute Gasteiger partial charge is 0.193 e. The van der Waals surface area contributed by atoms with Crippen molar-refractivity contribution in [3.8, 4) is 0 Å². The molecule has 0 spiro atoms. The first kappa shape index (κ1) is 15.6. The highest BCUT2D eigenvalue weighted by atomic mass is 15.3. The minimum Gasteiger partial charge on any atom is -0.354 e. The molecule has 1 unspecified atom stereocenters. The first-order valence-corrected chi connectivity index (χ1v) is 8.30. The van der Waals surface area contributed by atoms with Crippen molar-refractivity contribution in [2.24, 2.45) is 10.9 Å². The Labute approximate surface area is 138 Å². The molecule has 0 aliphatic carbocycles. The minimum absolute atomic E-state index is 0.713. The van der Waals surface area contributed by atoms with Crippen LogP contribution in [0.4, 0.5) is 0 Å².